The Kier molecular flexibility index (Phi) is 6.59. The van der Waals surface area contributed by atoms with Gasteiger partial charge in [0.2, 0.25) is 5.88 Å². The van der Waals surface area contributed by atoms with E-state index in [9.17, 15) is 18.3 Å². The third-order valence-corrected chi connectivity index (χ3v) is 5.74. The van der Waals surface area contributed by atoms with Crippen molar-refractivity contribution in [3.8, 4) is 5.88 Å². The molecule has 0 aliphatic heterocycles. The summed E-state index contributed by atoms with van der Waals surface area (Å²) < 4.78 is 43.0. The van der Waals surface area contributed by atoms with Crippen molar-refractivity contribution in [2.75, 3.05) is 11.9 Å². The highest BCUT2D eigenvalue weighted by molar-refractivity contribution is 5.91. The van der Waals surface area contributed by atoms with Crippen molar-refractivity contribution in [3.63, 3.8) is 0 Å². The van der Waals surface area contributed by atoms with E-state index in [1.54, 1.807) is 32.2 Å². The zero-order chi connectivity index (χ0) is 24.5. The molecule has 1 aliphatic carbocycles. The van der Waals surface area contributed by atoms with Crippen LogP contribution in [0.15, 0.2) is 30.7 Å². The molecule has 182 valence electrons. The van der Waals surface area contributed by atoms with E-state index in [4.69, 9.17) is 10.5 Å². The van der Waals surface area contributed by atoms with Crippen LogP contribution in [-0.2, 0) is 5.54 Å². The van der Waals surface area contributed by atoms with Gasteiger partial charge in [0.15, 0.2) is 6.61 Å². The van der Waals surface area contributed by atoms with Crippen LogP contribution < -0.4 is 15.8 Å². The Morgan fingerprint density at radius 2 is 1.91 bits per heavy atom. The monoisotopic (exact) mass is 476 g/mol. The lowest BCUT2D eigenvalue weighted by Crippen LogP contribution is -2.29. The van der Waals surface area contributed by atoms with Crippen LogP contribution in [0.25, 0.3) is 10.8 Å². The second kappa shape index (κ2) is 9.30. The Hall–Kier alpha value is -3.05. The third-order valence-electron chi connectivity index (χ3n) is 5.74. The van der Waals surface area contributed by atoms with E-state index in [0.29, 0.717) is 40.2 Å². The minimum Gasteiger partial charge on any atom is -0.468 e. The van der Waals surface area contributed by atoms with Crippen LogP contribution in [0, 0.1) is 0 Å². The minimum absolute atomic E-state index is 0.0825. The van der Waals surface area contributed by atoms with Crippen LogP contribution in [0.5, 0.6) is 5.88 Å². The molecular formula is C23H27F3N6O2. The summed E-state index contributed by atoms with van der Waals surface area (Å²) in [4.78, 5) is 17.3. The summed E-state index contributed by atoms with van der Waals surface area (Å²) in [6, 6.07) is 3.39. The number of anilines is 2. The van der Waals surface area contributed by atoms with Gasteiger partial charge in [-0.15, -0.1) is 0 Å². The van der Waals surface area contributed by atoms with E-state index in [2.05, 4.69) is 25.3 Å². The number of nitrogens with zero attached hydrogens (tertiary/aromatic N) is 4. The number of nitrogens with two attached hydrogens (primary N) is 1. The van der Waals surface area contributed by atoms with Gasteiger partial charge in [0.1, 0.15) is 17.5 Å². The van der Waals surface area contributed by atoms with Crippen molar-refractivity contribution in [3.05, 3.63) is 42.1 Å². The number of fused-ring (bicyclic) bond motifs is 1. The van der Waals surface area contributed by atoms with Gasteiger partial charge in [-0.1, -0.05) is 6.42 Å². The fraction of sp³-hybridized carbons (Fsp3) is 0.478. The fourth-order valence-corrected chi connectivity index (χ4v) is 4.13. The molecule has 3 heterocycles. The molecule has 1 saturated carbocycles. The molecule has 0 saturated heterocycles. The maximum Gasteiger partial charge on any atom is 0.422 e. The summed E-state index contributed by atoms with van der Waals surface area (Å²) in [7, 11) is 0. The summed E-state index contributed by atoms with van der Waals surface area (Å²) >= 11 is 0. The highest BCUT2D eigenvalue weighted by Gasteiger charge is 2.30. The second-order valence-corrected chi connectivity index (χ2v) is 9.16. The molecule has 11 heteroatoms. The van der Waals surface area contributed by atoms with E-state index >= 15 is 0 Å². The number of aromatic nitrogens is 4. The molecule has 0 amide bonds. The molecule has 4 N–H and O–H groups in total. The van der Waals surface area contributed by atoms with Crippen LogP contribution in [0.3, 0.4) is 0 Å². The summed E-state index contributed by atoms with van der Waals surface area (Å²) in [5, 5.41) is 14.0. The van der Waals surface area contributed by atoms with E-state index in [1.165, 1.54) is 12.4 Å². The minimum atomic E-state index is -4.49. The van der Waals surface area contributed by atoms with E-state index in [-0.39, 0.29) is 17.9 Å². The summed E-state index contributed by atoms with van der Waals surface area (Å²) in [5.74, 6) is 1.52. The van der Waals surface area contributed by atoms with Gasteiger partial charge >= 0.3 is 6.18 Å². The van der Waals surface area contributed by atoms with Gasteiger partial charge in [-0.25, -0.2) is 19.9 Å². The lowest BCUT2D eigenvalue weighted by atomic mass is 9.87. The molecular weight excluding hydrogens is 449 g/mol. The lowest BCUT2D eigenvalue weighted by Gasteiger charge is -2.24. The molecule has 8 nitrogen and oxygen atoms in total. The van der Waals surface area contributed by atoms with Crippen molar-refractivity contribution in [2.45, 2.75) is 63.3 Å². The van der Waals surface area contributed by atoms with E-state index in [0.717, 1.165) is 19.3 Å². The molecule has 34 heavy (non-hydrogen) atoms. The zero-order valence-electron chi connectivity index (χ0n) is 18.9. The van der Waals surface area contributed by atoms with Crippen LogP contribution in [0.1, 0.15) is 56.8 Å². The largest absolute Gasteiger partial charge is 0.468 e. The highest BCUT2D eigenvalue weighted by atomic mass is 19.4. The topological polar surface area (TPSA) is 119 Å². The van der Waals surface area contributed by atoms with Gasteiger partial charge in [-0.3, -0.25) is 0 Å². The Balaban J connectivity index is 1.65. The Bertz CT molecular complexity index is 1170. The smallest absolute Gasteiger partial charge is 0.422 e. The zero-order valence-corrected chi connectivity index (χ0v) is 18.9. The predicted molar refractivity (Wildman–Crippen MR) is 121 cm³/mol. The van der Waals surface area contributed by atoms with Crippen molar-refractivity contribution >= 4 is 22.4 Å². The average Bonchev–Trinajstić information content (AvgIpc) is 2.76. The van der Waals surface area contributed by atoms with Gasteiger partial charge in [-0.05, 0) is 56.2 Å². The van der Waals surface area contributed by atoms with Crippen LogP contribution in [-0.4, -0.2) is 43.9 Å². The first-order chi connectivity index (χ1) is 16.0. The summed E-state index contributed by atoms with van der Waals surface area (Å²) in [5.41, 5.74) is 6.11. The van der Waals surface area contributed by atoms with Crippen molar-refractivity contribution in [2.24, 2.45) is 5.73 Å². The number of aliphatic hydroxyl groups is 1. The van der Waals surface area contributed by atoms with E-state index < -0.39 is 18.3 Å². The number of aliphatic hydroxyl groups excluding tert-OH is 1. The van der Waals surface area contributed by atoms with Crippen molar-refractivity contribution in [1.82, 2.24) is 19.9 Å². The molecule has 0 radical (unpaired) electrons. The quantitative estimate of drug-likeness (QED) is 0.481. The number of hydrogen-bond acceptors (Lipinski definition) is 8. The van der Waals surface area contributed by atoms with Crippen LogP contribution >= 0.6 is 0 Å². The number of halogens is 3. The number of alkyl halides is 3. The molecule has 1 unspecified atom stereocenters. The normalized spacial score (nSPS) is 19.3. The highest BCUT2D eigenvalue weighted by Crippen LogP contribution is 2.34. The molecule has 2 atom stereocenters. The number of ether oxygens (including phenoxy) is 1. The maximum absolute atomic E-state index is 12.7. The van der Waals surface area contributed by atoms with Gasteiger partial charge in [0.05, 0.1) is 11.5 Å². The lowest BCUT2D eigenvalue weighted by molar-refractivity contribution is -0.153. The summed E-state index contributed by atoms with van der Waals surface area (Å²) in [6.45, 7) is 2.10. The molecule has 3 aromatic rings. The first kappa shape index (κ1) is 24.1. The number of rotatable bonds is 6. The molecule has 0 aromatic carbocycles. The second-order valence-electron chi connectivity index (χ2n) is 9.16. The maximum atomic E-state index is 12.7. The molecule has 1 aliphatic rings. The molecule has 0 bridgehead atoms. The average molecular weight is 477 g/mol. The predicted octanol–water partition coefficient (Wildman–Crippen LogP) is 4.32. The first-order valence-electron chi connectivity index (χ1n) is 11.1. The standard InChI is InChI=1S/C23H27F3N6O2/c1-22(2,27)17-11-30-21(34-12-23(24,25)26)16-10-29-19(9-15(16)17)31-18-6-7-28-20(32-18)13-4-3-5-14(33)8-13/h6-7,9-11,13-14,33H,3-5,8,12,27H2,1-2H3,(H,28,29,31,32)/t13?,14-/m0/s1. The summed E-state index contributed by atoms with van der Waals surface area (Å²) in [6.07, 6.45) is 2.89. The third kappa shape index (κ3) is 5.71. The number of hydrogen-bond donors (Lipinski definition) is 3. The first-order valence-corrected chi connectivity index (χ1v) is 11.1. The molecule has 4 rings (SSSR count). The SMILES string of the molecule is CC(C)(N)c1cnc(OCC(F)(F)F)c2cnc(Nc3ccnc(C4CCC[C@H](O)C4)n3)cc12. The number of nitrogens with one attached hydrogen (secondary N) is 1. The van der Waals surface area contributed by atoms with Gasteiger partial charge in [0.25, 0.3) is 0 Å². The van der Waals surface area contributed by atoms with E-state index in [1.807, 2.05) is 0 Å². The molecule has 0 spiro atoms. The Labute approximate surface area is 194 Å². The van der Waals surface area contributed by atoms with Crippen molar-refractivity contribution < 1.29 is 23.0 Å². The number of pyridine rings is 2. The Morgan fingerprint density at radius 3 is 2.62 bits per heavy atom. The van der Waals surface area contributed by atoms with Gasteiger partial charge < -0.3 is 20.9 Å². The van der Waals surface area contributed by atoms with Gasteiger partial charge in [-0.2, -0.15) is 13.2 Å². The Morgan fingerprint density at radius 1 is 1.12 bits per heavy atom. The van der Waals surface area contributed by atoms with Crippen LogP contribution in [0.2, 0.25) is 0 Å². The van der Waals surface area contributed by atoms with Gasteiger partial charge in [0, 0.05) is 30.0 Å². The van der Waals surface area contributed by atoms with Crippen LogP contribution in [0.4, 0.5) is 24.8 Å². The fourth-order valence-electron chi connectivity index (χ4n) is 4.13. The van der Waals surface area contributed by atoms with Crippen molar-refractivity contribution in [1.29, 1.82) is 0 Å². The molecule has 3 aromatic heterocycles. The molecule has 1 fully saturated rings.